The van der Waals surface area contributed by atoms with E-state index in [4.69, 9.17) is 4.42 Å². The Bertz CT molecular complexity index is 799. The largest absolute Gasteiger partial charge is 0.440 e. The van der Waals surface area contributed by atoms with Crippen molar-refractivity contribution in [3.05, 3.63) is 40.5 Å². The van der Waals surface area contributed by atoms with Crippen LogP contribution in [-0.2, 0) is 13.5 Å². The monoisotopic (exact) mass is 256 g/mol. The predicted octanol–water partition coefficient (Wildman–Crippen LogP) is 3.02. The van der Waals surface area contributed by atoms with Crippen molar-refractivity contribution >= 4 is 22.0 Å². The van der Waals surface area contributed by atoms with E-state index in [1.807, 2.05) is 24.3 Å². The third-order valence-electron chi connectivity index (χ3n) is 3.43. The van der Waals surface area contributed by atoms with Gasteiger partial charge in [0.25, 0.3) is 5.56 Å². The van der Waals surface area contributed by atoms with Crippen molar-refractivity contribution in [1.82, 2.24) is 9.55 Å². The van der Waals surface area contributed by atoms with Gasteiger partial charge in [0.15, 0.2) is 17.0 Å². The van der Waals surface area contributed by atoms with E-state index in [0.717, 1.165) is 30.2 Å². The van der Waals surface area contributed by atoms with Gasteiger partial charge in [-0.1, -0.05) is 25.5 Å². The van der Waals surface area contributed by atoms with Crippen LogP contribution in [0.5, 0.6) is 0 Å². The highest BCUT2D eigenvalue weighted by Gasteiger charge is 2.14. The second kappa shape index (κ2) is 4.53. The summed E-state index contributed by atoms with van der Waals surface area (Å²) in [6.45, 7) is 2.12. The molecule has 2 heterocycles. The van der Waals surface area contributed by atoms with E-state index in [1.54, 1.807) is 11.6 Å². The van der Waals surface area contributed by atoms with Crippen LogP contribution in [0.25, 0.3) is 22.0 Å². The number of pyridine rings is 1. The van der Waals surface area contributed by atoms with E-state index < -0.39 is 0 Å². The number of fused-ring (bicyclic) bond motifs is 3. The van der Waals surface area contributed by atoms with Gasteiger partial charge in [0.1, 0.15) is 0 Å². The smallest absolute Gasteiger partial charge is 0.280 e. The summed E-state index contributed by atoms with van der Waals surface area (Å²) < 4.78 is 7.42. The molecule has 0 aliphatic rings. The maximum Gasteiger partial charge on any atom is 0.280 e. The van der Waals surface area contributed by atoms with Crippen LogP contribution in [0.2, 0.25) is 0 Å². The standard InChI is InChI=1S/C15H16N2O2/c1-3-4-9-12-16-13-14(19-12)10-7-5-6-8-11(10)17(2)15(13)18/h5-8H,3-4,9H2,1-2H3. The van der Waals surface area contributed by atoms with Gasteiger partial charge < -0.3 is 8.98 Å². The molecule has 0 N–H and O–H groups in total. The number of aryl methyl sites for hydroxylation is 2. The van der Waals surface area contributed by atoms with Crippen molar-refractivity contribution in [2.75, 3.05) is 0 Å². The molecule has 0 fully saturated rings. The zero-order chi connectivity index (χ0) is 13.4. The highest BCUT2D eigenvalue weighted by Crippen LogP contribution is 2.23. The summed E-state index contributed by atoms with van der Waals surface area (Å²) in [6, 6.07) is 7.75. The van der Waals surface area contributed by atoms with Crippen molar-refractivity contribution < 1.29 is 4.42 Å². The van der Waals surface area contributed by atoms with Crippen LogP contribution >= 0.6 is 0 Å². The van der Waals surface area contributed by atoms with Gasteiger partial charge in [-0.05, 0) is 18.6 Å². The van der Waals surface area contributed by atoms with E-state index in [9.17, 15) is 4.79 Å². The number of unbranched alkanes of at least 4 members (excludes halogenated alkanes) is 1. The Labute approximate surface area is 110 Å². The number of para-hydroxylation sites is 1. The summed E-state index contributed by atoms with van der Waals surface area (Å²) in [5, 5.41) is 0.940. The molecule has 2 aromatic heterocycles. The number of aromatic nitrogens is 2. The minimum atomic E-state index is -0.0970. The number of hydrogen-bond acceptors (Lipinski definition) is 3. The van der Waals surface area contributed by atoms with Crippen LogP contribution in [0.1, 0.15) is 25.7 Å². The van der Waals surface area contributed by atoms with Crippen molar-refractivity contribution in [2.24, 2.45) is 7.05 Å². The van der Waals surface area contributed by atoms with Crippen LogP contribution in [0.3, 0.4) is 0 Å². The molecular weight excluding hydrogens is 240 g/mol. The molecule has 98 valence electrons. The normalized spacial score (nSPS) is 11.5. The number of nitrogens with zero attached hydrogens (tertiary/aromatic N) is 2. The van der Waals surface area contributed by atoms with Crippen LogP contribution in [0, 0.1) is 0 Å². The van der Waals surface area contributed by atoms with Crippen molar-refractivity contribution in [2.45, 2.75) is 26.2 Å². The first-order chi connectivity index (χ1) is 9.22. The Morgan fingerprint density at radius 1 is 1.32 bits per heavy atom. The predicted molar refractivity (Wildman–Crippen MR) is 75.4 cm³/mol. The van der Waals surface area contributed by atoms with Crippen LogP contribution in [0.15, 0.2) is 33.5 Å². The molecule has 0 atom stereocenters. The number of rotatable bonds is 3. The van der Waals surface area contributed by atoms with Gasteiger partial charge in [-0.25, -0.2) is 4.98 Å². The summed E-state index contributed by atoms with van der Waals surface area (Å²) in [5.74, 6) is 0.658. The van der Waals surface area contributed by atoms with Gasteiger partial charge in [-0.15, -0.1) is 0 Å². The van der Waals surface area contributed by atoms with Crippen molar-refractivity contribution in [1.29, 1.82) is 0 Å². The summed E-state index contributed by atoms with van der Waals surface area (Å²) >= 11 is 0. The molecule has 0 radical (unpaired) electrons. The minimum Gasteiger partial charge on any atom is -0.440 e. The molecule has 0 amide bonds. The van der Waals surface area contributed by atoms with Crippen LogP contribution in [-0.4, -0.2) is 9.55 Å². The Kier molecular flexibility index (Phi) is 2.85. The fourth-order valence-electron chi connectivity index (χ4n) is 2.35. The Balaban J connectivity index is 2.34. The van der Waals surface area contributed by atoms with Gasteiger partial charge in [-0.3, -0.25) is 4.79 Å². The van der Waals surface area contributed by atoms with Gasteiger partial charge in [0.2, 0.25) is 0 Å². The van der Waals surface area contributed by atoms with Crippen LogP contribution in [0.4, 0.5) is 0 Å². The number of hydrogen-bond donors (Lipinski definition) is 0. The molecule has 0 saturated heterocycles. The fraction of sp³-hybridized carbons (Fsp3) is 0.333. The summed E-state index contributed by atoms with van der Waals surface area (Å²) in [5.41, 5.74) is 1.83. The quantitative estimate of drug-likeness (QED) is 0.723. The average molecular weight is 256 g/mol. The van der Waals surface area contributed by atoms with E-state index in [1.165, 1.54) is 0 Å². The lowest BCUT2D eigenvalue weighted by molar-refractivity contribution is 0.519. The molecule has 0 aliphatic heterocycles. The molecule has 4 nitrogen and oxygen atoms in total. The second-order valence-electron chi connectivity index (χ2n) is 4.77. The number of benzene rings is 1. The Morgan fingerprint density at radius 3 is 2.89 bits per heavy atom. The number of oxazole rings is 1. The highest BCUT2D eigenvalue weighted by atomic mass is 16.3. The molecule has 0 unspecified atom stereocenters. The molecule has 0 aliphatic carbocycles. The lowest BCUT2D eigenvalue weighted by atomic mass is 10.2. The topological polar surface area (TPSA) is 48.0 Å². The summed E-state index contributed by atoms with van der Waals surface area (Å²) in [6.07, 6.45) is 2.88. The van der Waals surface area contributed by atoms with Gasteiger partial charge >= 0.3 is 0 Å². The van der Waals surface area contributed by atoms with Crippen LogP contribution < -0.4 is 5.56 Å². The fourth-order valence-corrected chi connectivity index (χ4v) is 2.35. The molecule has 3 aromatic rings. The maximum absolute atomic E-state index is 12.3. The summed E-state index contributed by atoms with van der Waals surface area (Å²) in [7, 11) is 1.77. The molecule has 0 saturated carbocycles. The molecule has 0 spiro atoms. The first-order valence-electron chi connectivity index (χ1n) is 6.59. The summed E-state index contributed by atoms with van der Waals surface area (Å²) in [4.78, 5) is 16.6. The van der Waals surface area contributed by atoms with E-state index in [0.29, 0.717) is 17.0 Å². The molecule has 0 bridgehead atoms. The second-order valence-corrected chi connectivity index (χ2v) is 4.77. The maximum atomic E-state index is 12.3. The van der Waals surface area contributed by atoms with Gasteiger partial charge in [0, 0.05) is 18.9 Å². The van der Waals surface area contributed by atoms with E-state index in [-0.39, 0.29) is 5.56 Å². The Morgan fingerprint density at radius 2 is 2.11 bits per heavy atom. The third-order valence-corrected chi connectivity index (χ3v) is 3.43. The minimum absolute atomic E-state index is 0.0970. The lowest BCUT2D eigenvalue weighted by Gasteiger charge is -2.03. The van der Waals surface area contributed by atoms with Crippen molar-refractivity contribution in [3.8, 4) is 0 Å². The molecule has 3 rings (SSSR count). The van der Waals surface area contributed by atoms with E-state index in [2.05, 4.69) is 11.9 Å². The zero-order valence-electron chi connectivity index (χ0n) is 11.1. The molecule has 1 aromatic carbocycles. The van der Waals surface area contributed by atoms with Crippen molar-refractivity contribution in [3.63, 3.8) is 0 Å². The Hall–Kier alpha value is -2.10. The third kappa shape index (κ3) is 1.84. The molecular formula is C15H16N2O2. The molecule has 19 heavy (non-hydrogen) atoms. The lowest BCUT2D eigenvalue weighted by Crippen LogP contribution is -2.17. The van der Waals surface area contributed by atoms with Gasteiger partial charge in [-0.2, -0.15) is 0 Å². The first kappa shape index (κ1) is 12.0. The highest BCUT2D eigenvalue weighted by molar-refractivity contribution is 6.00. The molecule has 4 heteroatoms. The van der Waals surface area contributed by atoms with Gasteiger partial charge in [0.05, 0.1) is 5.52 Å². The van der Waals surface area contributed by atoms with E-state index >= 15 is 0 Å². The first-order valence-corrected chi connectivity index (χ1v) is 6.59. The SMILES string of the molecule is CCCCc1nc2c(=O)n(C)c3ccccc3c2o1. The zero-order valence-corrected chi connectivity index (χ0v) is 11.1. The average Bonchev–Trinajstić information content (AvgIpc) is 2.87.